The summed E-state index contributed by atoms with van der Waals surface area (Å²) in [6.07, 6.45) is 0. The molecule has 0 aliphatic heterocycles. The summed E-state index contributed by atoms with van der Waals surface area (Å²) in [5.74, 6) is 0. The first-order valence-electron chi connectivity index (χ1n) is 1.25. The van der Waals surface area contributed by atoms with Crippen LogP contribution in [0.25, 0.3) is 0 Å². The molecular weight excluding hydrogens is 234 g/mol. The number of rotatable bonds is 0. The minimum atomic E-state index is -3.11. The van der Waals surface area contributed by atoms with Crippen molar-refractivity contribution in [3.05, 3.63) is 0 Å². The van der Waals surface area contributed by atoms with E-state index in [-0.39, 0.29) is 6.47 Å². The second-order valence-corrected chi connectivity index (χ2v) is 16.0. The molecule has 0 heterocycles. The molecule has 0 aliphatic carbocycles. The van der Waals surface area contributed by atoms with Crippen molar-refractivity contribution in [2.24, 2.45) is 0 Å². The van der Waals surface area contributed by atoms with Crippen molar-refractivity contribution < 1.29 is 22.2 Å². The van der Waals surface area contributed by atoms with Crippen LogP contribution < -0.4 is 0 Å². The molecule has 0 aromatic carbocycles. The molecule has 0 saturated carbocycles. The van der Waals surface area contributed by atoms with Crippen LogP contribution in [0.5, 0.6) is 0 Å². The molecular formula is CH2Cl4O2Ti. The first-order valence-corrected chi connectivity index (χ1v) is 9.84. The van der Waals surface area contributed by atoms with Gasteiger partial charge in [-0.25, -0.2) is 0 Å². The number of hydrogen-bond donors (Lipinski definition) is 1. The molecule has 0 radical (unpaired) electrons. The van der Waals surface area contributed by atoms with Crippen molar-refractivity contribution in [3.63, 3.8) is 0 Å². The monoisotopic (exact) mass is 234 g/mol. The molecule has 0 unspecified atom stereocenters. The van der Waals surface area contributed by atoms with Crippen molar-refractivity contribution in [2.75, 3.05) is 0 Å². The van der Waals surface area contributed by atoms with Crippen LogP contribution in [0.4, 0.5) is 0 Å². The summed E-state index contributed by atoms with van der Waals surface area (Å²) in [7, 11) is 20.1. The molecule has 0 aromatic heterocycles. The van der Waals surface area contributed by atoms with Crippen molar-refractivity contribution >= 4 is 43.7 Å². The second-order valence-electron chi connectivity index (χ2n) is 0.534. The van der Waals surface area contributed by atoms with Gasteiger partial charge in [0.05, 0.1) is 0 Å². The Morgan fingerprint density at radius 1 is 1.25 bits per heavy atom. The van der Waals surface area contributed by atoms with E-state index in [2.05, 4.69) is 0 Å². The van der Waals surface area contributed by atoms with Crippen molar-refractivity contribution in [3.8, 4) is 0 Å². The van der Waals surface area contributed by atoms with E-state index in [1.54, 1.807) is 0 Å². The molecule has 0 bridgehead atoms. The number of carboxylic acid groups (broad SMARTS) is 1. The molecule has 0 rings (SSSR count). The van der Waals surface area contributed by atoms with Crippen LogP contribution >= 0.6 is 37.2 Å². The fourth-order valence-corrected chi connectivity index (χ4v) is 0. The van der Waals surface area contributed by atoms with Gasteiger partial charge in [0.25, 0.3) is 6.47 Å². The Hall–Kier alpha value is 1.34. The first kappa shape index (κ1) is 12.1. The molecule has 0 aliphatic rings. The van der Waals surface area contributed by atoms with E-state index in [4.69, 9.17) is 47.1 Å². The summed E-state index contributed by atoms with van der Waals surface area (Å²) in [6.45, 7) is -0.250. The van der Waals surface area contributed by atoms with E-state index >= 15 is 0 Å². The molecule has 7 heteroatoms. The van der Waals surface area contributed by atoms with Gasteiger partial charge in [0, 0.05) is 0 Å². The quantitative estimate of drug-likeness (QED) is 0.517. The number of halogens is 4. The fourth-order valence-electron chi connectivity index (χ4n) is 0. The van der Waals surface area contributed by atoms with Crippen LogP contribution in [0, 0.1) is 0 Å². The van der Waals surface area contributed by atoms with Crippen LogP contribution in [0.2, 0.25) is 0 Å². The summed E-state index contributed by atoms with van der Waals surface area (Å²) < 4.78 is 0. The van der Waals surface area contributed by atoms with E-state index in [0.717, 1.165) is 0 Å². The Kier molecular flexibility index (Phi) is 9.75. The number of hydrogen-bond acceptors (Lipinski definition) is 1. The molecule has 2 nitrogen and oxygen atoms in total. The SMILES string of the molecule is O=CO.[Cl][Ti]([Cl])([Cl])[Cl]. The zero-order valence-electron chi connectivity index (χ0n) is 3.44. The summed E-state index contributed by atoms with van der Waals surface area (Å²) in [5, 5.41) is 6.89. The Balaban J connectivity index is 0. The average Bonchev–Trinajstić information content (AvgIpc) is 1.27. The molecule has 8 heavy (non-hydrogen) atoms. The first-order chi connectivity index (χ1) is 3.41. The third-order valence-corrected chi connectivity index (χ3v) is 0. The average molecular weight is 236 g/mol. The summed E-state index contributed by atoms with van der Waals surface area (Å²) in [4.78, 5) is 8.36. The third kappa shape index (κ3) is 164. The van der Waals surface area contributed by atoms with Crippen LogP contribution in [-0.4, -0.2) is 11.6 Å². The molecule has 50 valence electrons. The molecule has 0 spiro atoms. The molecule has 0 saturated heterocycles. The molecule has 0 aromatic rings. The summed E-state index contributed by atoms with van der Waals surface area (Å²) in [5.41, 5.74) is 0. The van der Waals surface area contributed by atoms with Gasteiger partial charge in [-0.3, -0.25) is 4.79 Å². The van der Waals surface area contributed by atoms with E-state index in [0.29, 0.717) is 0 Å². The fraction of sp³-hybridized carbons (Fsp3) is 0. The maximum atomic E-state index is 8.36. The van der Waals surface area contributed by atoms with Crippen LogP contribution in [0.3, 0.4) is 0 Å². The van der Waals surface area contributed by atoms with Gasteiger partial charge in [-0.15, -0.1) is 0 Å². The minimum absolute atomic E-state index is 0.250. The van der Waals surface area contributed by atoms with Gasteiger partial charge in [-0.2, -0.15) is 0 Å². The Labute approximate surface area is 65.5 Å². The Morgan fingerprint density at radius 2 is 1.25 bits per heavy atom. The van der Waals surface area contributed by atoms with E-state index in [1.807, 2.05) is 0 Å². The van der Waals surface area contributed by atoms with Gasteiger partial charge in [-0.05, 0) is 0 Å². The van der Waals surface area contributed by atoms with Crippen molar-refractivity contribution in [1.29, 1.82) is 0 Å². The maximum absolute atomic E-state index is 8.36. The van der Waals surface area contributed by atoms with Crippen molar-refractivity contribution in [1.82, 2.24) is 0 Å². The van der Waals surface area contributed by atoms with Gasteiger partial charge < -0.3 is 5.11 Å². The molecule has 0 fully saturated rings. The molecule has 0 atom stereocenters. The Morgan fingerprint density at radius 3 is 1.25 bits per heavy atom. The van der Waals surface area contributed by atoms with Gasteiger partial charge in [0.2, 0.25) is 0 Å². The normalized spacial score (nSPS) is 9.00. The van der Waals surface area contributed by atoms with E-state index in [9.17, 15) is 0 Å². The van der Waals surface area contributed by atoms with Crippen molar-refractivity contribution in [2.45, 2.75) is 0 Å². The predicted molar refractivity (Wildman–Crippen MR) is 32.1 cm³/mol. The predicted octanol–water partition coefficient (Wildman–Crippen LogP) is 2.46. The summed E-state index contributed by atoms with van der Waals surface area (Å²) in [6, 6.07) is 0. The van der Waals surface area contributed by atoms with E-state index in [1.165, 1.54) is 0 Å². The van der Waals surface area contributed by atoms with Gasteiger partial charge in [0.1, 0.15) is 0 Å². The number of carbonyl (C=O) groups is 1. The Bertz CT molecular complexity index is 53.5. The van der Waals surface area contributed by atoms with Crippen LogP contribution in [0.15, 0.2) is 0 Å². The summed E-state index contributed by atoms with van der Waals surface area (Å²) >= 11 is -3.11. The van der Waals surface area contributed by atoms with Crippen LogP contribution in [0.1, 0.15) is 0 Å². The zero-order valence-corrected chi connectivity index (χ0v) is 8.03. The van der Waals surface area contributed by atoms with Gasteiger partial charge in [-0.1, -0.05) is 0 Å². The second kappa shape index (κ2) is 6.46. The standard InChI is InChI=1S/CH2O2.4ClH.Ti/c2-1-3;;;;;/h1H,(H,2,3);4*1H;/q;;;;;+4/p-4. The van der Waals surface area contributed by atoms with Crippen LogP contribution in [-0.2, 0) is 17.1 Å². The van der Waals surface area contributed by atoms with Gasteiger partial charge in [0.15, 0.2) is 0 Å². The van der Waals surface area contributed by atoms with E-state index < -0.39 is 12.3 Å². The topological polar surface area (TPSA) is 37.3 Å². The zero-order chi connectivity index (χ0) is 7.21. The van der Waals surface area contributed by atoms with Gasteiger partial charge >= 0.3 is 49.6 Å². The molecule has 0 amide bonds. The molecule has 1 N–H and O–H groups in total. The third-order valence-electron chi connectivity index (χ3n) is 0.